The third-order valence-corrected chi connectivity index (χ3v) is 4.92. The summed E-state index contributed by atoms with van der Waals surface area (Å²) in [6.07, 6.45) is -0.487. The normalized spacial score (nSPS) is 13.3. The first kappa shape index (κ1) is 28.8. The molecule has 8 nitrogen and oxygen atoms in total. The fourth-order valence-electron chi connectivity index (χ4n) is 3.21. The summed E-state index contributed by atoms with van der Waals surface area (Å²) in [7, 11) is 0. The summed E-state index contributed by atoms with van der Waals surface area (Å²) in [4.78, 5) is 38.9. The second-order valence-corrected chi connectivity index (χ2v) is 10.6. The molecule has 2 aromatic carbocycles. The highest BCUT2D eigenvalue weighted by atomic mass is 16.6. The number of nitrogens with one attached hydrogen (secondary N) is 3. The molecule has 0 aliphatic heterocycles. The molecule has 0 spiro atoms. The highest BCUT2D eigenvalue weighted by Gasteiger charge is 2.29. The SMILES string of the molecule is CC(C)(C)OC[C@H](NC(=O)[C@H](Cc1ccccc1)NC(=O)OC(C)(C)C)C(=O)NCc1ccccc1. The van der Waals surface area contributed by atoms with Crippen molar-refractivity contribution in [1.82, 2.24) is 16.0 Å². The van der Waals surface area contributed by atoms with Crippen molar-refractivity contribution in [3.05, 3.63) is 71.8 Å². The van der Waals surface area contributed by atoms with E-state index in [9.17, 15) is 14.4 Å². The van der Waals surface area contributed by atoms with E-state index in [0.29, 0.717) is 6.54 Å². The first-order chi connectivity index (χ1) is 16.8. The van der Waals surface area contributed by atoms with Crippen LogP contribution >= 0.6 is 0 Å². The Balaban J connectivity index is 2.17. The Morgan fingerprint density at radius 1 is 0.722 bits per heavy atom. The molecule has 0 aliphatic carbocycles. The Morgan fingerprint density at radius 2 is 1.28 bits per heavy atom. The number of hydrogen-bond acceptors (Lipinski definition) is 5. The Labute approximate surface area is 214 Å². The topological polar surface area (TPSA) is 106 Å². The first-order valence-electron chi connectivity index (χ1n) is 12.1. The zero-order valence-corrected chi connectivity index (χ0v) is 22.1. The molecule has 0 aromatic heterocycles. The zero-order chi connectivity index (χ0) is 26.8. The summed E-state index contributed by atoms with van der Waals surface area (Å²) in [5.74, 6) is -0.894. The molecule has 196 valence electrons. The molecule has 0 bridgehead atoms. The third kappa shape index (κ3) is 11.4. The maximum absolute atomic E-state index is 13.3. The van der Waals surface area contributed by atoms with Gasteiger partial charge >= 0.3 is 6.09 Å². The van der Waals surface area contributed by atoms with Gasteiger partial charge in [0.15, 0.2) is 0 Å². The van der Waals surface area contributed by atoms with Gasteiger partial charge in [0.2, 0.25) is 11.8 Å². The second kappa shape index (κ2) is 13.1. The number of ether oxygens (including phenoxy) is 2. The molecular formula is C28H39N3O5. The molecule has 0 unspecified atom stereocenters. The molecule has 2 atom stereocenters. The van der Waals surface area contributed by atoms with Crippen LogP contribution in [0.4, 0.5) is 4.79 Å². The average Bonchev–Trinajstić information content (AvgIpc) is 2.79. The molecule has 0 heterocycles. The molecule has 2 rings (SSSR count). The summed E-state index contributed by atoms with van der Waals surface area (Å²) >= 11 is 0. The van der Waals surface area contributed by atoms with Crippen LogP contribution in [0.3, 0.4) is 0 Å². The maximum atomic E-state index is 13.3. The van der Waals surface area contributed by atoms with Crippen molar-refractivity contribution in [2.24, 2.45) is 0 Å². The fraction of sp³-hybridized carbons (Fsp3) is 0.464. The van der Waals surface area contributed by atoms with Crippen molar-refractivity contribution in [2.75, 3.05) is 6.61 Å². The van der Waals surface area contributed by atoms with Crippen LogP contribution in [-0.2, 0) is 32.0 Å². The standard InChI is InChI=1S/C28H39N3O5/c1-27(2,3)35-19-23(24(32)29-18-21-15-11-8-12-16-21)30-25(33)22(17-20-13-9-7-10-14-20)31-26(34)36-28(4,5)6/h7-16,22-23H,17-19H2,1-6H3,(H,29,32)(H,30,33)(H,31,34)/t22-,23-/m0/s1. The van der Waals surface area contributed by atoms with E-state index in [1.807, 2.05) is 81.4 Å². The Hall–Kier alpha value is -3.39. The third-order valence-electron chi connectivity index (χ3n) is 4.92. The molecule has 0 fully saturated rings. The lowest BCUT2D eigenvalue weighted by Crippen LogP contribution is -2.56. The van der Waals surface area contributed by atoms with Gasteiger partial charge in [0.1, 0.15) is 17.7 Å². The van der Waals surface area contributed by atoms with Crippen LogP contribution in [0.1, 0.15) is 52.7 Å². The van der Waals surface area contributed by atoms with Gasteiger partial charge in [0, 0.05) is 13.0 Å². The first-order valence-corrected chi connectivity index (χ1v) is 12.1. The summed E-state index contributed by atoms with van der Waals surface area (Å²) in [5, 5.41) is 8.27. The average molecular weight is 498 g/mol. The lowest BCUT2D eigenvalue weighted by molar-refractivity contribution is -0.133. The molecule has 36 heavy (non-hydrogen) atoms. The molecule has 0 aliphatic rings. The molecule has 0 radical (unpaired) electrons. The number of rotatable bonds is 10. The smallest absolute Gasteiger partial charge is 0.408 e. The quantitative estimate of drug-likeness (QED) is 0.464. The lowest BCUT2D eigenvalue weighted by atomic mass is 10.0. The van der Waals surface area contributed by atoms with Gasteiger partial charge in [-0.1, -0.05) is 60.7 Å². The van der Waals surface area contributed by atoms with Gasteiger partial charge in [-0.2, -0.15) is 0 Å². The van der Waals surface area contributed by atoms with Crippen molar-refractivity contribution < 1.29 is 23.9 Å². The zero-order valence-electron chi connectivity index (χ0n) is 22.1. The molecule has 8 heteroatoms. The van der Waals surface area contributed by atoms with Crippen LogP contribution < -0.4 is 16.0 Å². The highest BCUT2D eigenvalue weighted by Crippen LogP contribution is 2.11. The predicted octanol–water partition coefficient (Wildman–Crippen LogP) is 3.74. The molecule has 0 saturated carbocycles. The molecule has 2 aromatic rings. The van der Waals surface area contributed by atoms with Crippen LogP contribution in [0.15, 0.2) is 60.7 Å². The minimum atomic E-state index is -0.959. The van der Waals surface area contributed by atoms with E-state index in [-0.39, 0.29) is 18.9 Å². The van der Waals surface area contributed by atoms with Crippen LogP contribution in [0.25, 0.3) is 0 Å². The second-order valence-electron chi connectivity index (χ2n) is 10.6. The van der Waals surface area contributed by atoms with Gasteiger partial charge in [-0.15, -0.1) is 0 Å². The van der Waals surface area contributed by atoms with E-state index in [0.717, 1.165) is 11.1 Å². The Morgan fingerprint density at radius 3 is 1.81 bits per heavy atom. The van der Waals surface area contributed by atoms with Crippen LogP contribution in [-0.4, -0.2) is 47.8 Å². The van der Waals surface area contributed by atoms with E-state index in [1.54, 1.807) is 20.8 Å². The number of alkyl carbamates (subject to hydrolysis) is 1. The molecule has 3 N–H and O–H groups in total. The van der Waals surface area contributed by atoms with E-state index in [1.165, 1.54) is 0 Å². The van der Waals surface area contributed by atoms with Crippen LogP contribution in [0.5, 0.6) is 0 Å². The van der Waals surface area contributed by atoms with E-state index < -0.39 is 35.3 Å². The summed E-state index contributed by atoms with van der Waals surface area (Å²) in [5.41, 5.74) is 0.546. The Kier molecular flexibility index (Phi) is 10.5. The predicted molar refractivity (Wildman–Crippen MR) is 139 cm³/mol. The molecule has 0 saturated heterocycles. The van der Waals surface area contributed by atoms with Gasteiger partial charge in [-0.05, 0) is 52.7 Å². The van der Waals surface area contributed by atoms with Crippen molar-refractivity contribution in [3.8, 4) is 0 Å². The van der Waals surface area contributed by atoms with E-state index in [2.05, 4.69) is 16.0 Å². The lowest BCUT2D eigenvalue weighted by Gasteiger charge is -2.27. The fourth-order valence-corrected chi connectivity index (χ4v) is 3.21. The van der Waals surface area contributed by atoms with E-state index >= 15 is 0 Å². The summed E-state index contributed by atoms with van der Waals surface area (Å²) < 4.78 is 11.2. The van der Waals surface area contributed by atoms with Crippen molar-refractivity contribution in [3.63, 3.8) is 0 Å². The minimum absolute atomic E-state index is 0.0274. The van der Waals surface area contributed by atoms with Gasteiger partial charge in [-0.3, -0.25) is 9.59 Å². The van der Waals surface area contributed by atoms with Gasteiger partial charge in [0.25, 0.3) is 0 Å². The maximum Gasteiger partial charge on any atom is 0.408 e. The van der Waals surface area contributed by atoms with Crippen LogP contribution in [0, 0.1) is 0 Å². The minimum Gasteiger partial charge on any atom is -0.444 e. The van der Waals surface area contributed by atoms with Crippen LogP contribution in [0.2, 0.25) is 0 Å². The number of amides is 3. The van der Waals surface area contributed by atoms with E-state index in [4.69, 9.17) is 9.47 Å². The summed E-state index contributed by atoms with van der Waals surface area (Å²) in [6, 6.07) is 16.9. The number of benzene rings is 2. The molecular weight excluding hydrogens is 458 g/mol. The van der Waals surface area contributed by atoms with Crippen molar-refractivity contribution in [1.29, 1.82) is 0 Å². The number of hydrogen-bond donors (Lipinski definition) is 3. The number of carbonyl (C=O) groups excluding carboxylic acids is 3. The molecule has 3 amide bonds. The van der Waals surface area contributed by atoms with Gasteiger partial charge in [-0.25, -0.2) is 4.79 Å². The van der Waals surface area contributed by atoms with Gasteiger partial charge in [0.05, 0.1) is 12.2 Å². The number of carbonyl (C=O) groups is 3. The monoisotopic (exact) mass is 497 g/mol. The van der Waals surface area contributed by atoms with Crippen molar-refractivity contribution in [2.45, 2.75) is 77.8 Å². The largest absolute Gasteiger partial charge is 0.444 e. The summed E-state index contributed by atoms with van der Waals surface area (Å²) in [6.45, 7) is 11.1. The van der Waals surface area contributed by atoms with Crippen molar-refractivity contribution >= 4 is 17.9 Å². The van der Waals surface area contributed by atoms with Gasteiger partial charge < -0.3 is 25.4 Å². The Bertz CT molecular complexity index is 982. The highest BCUT2D eigenvalue weighted by molar-refractivity contribution is 5.91.